The topological polar surface area (TPSA) is 54.4 Å². The third-order valence-corrected chi connectivity index (χ3v) is 4.38. The minimum absolute atomic E-state index is 0.106. The van der Waals surface area contributed by atoms with E-state index in [1.807, 2.05) is 12.3 Å². The summed E-state index contributed by atoms with van der Waals surface area (Å²) in [7, 11) is 1.53. The molecule has 2 aromatic rings. The van der Waals surface area contributed by atoms with E-state index in [1.165, 1.54) is 12.0 Å². The Bertz CT molecular complexity index is 599. The number of ether oxygens (including phenoxy) is 1. The number of nitrogens with zero attached hydrogens (tertiary/aromatic N) is 1. The van der Waals surface area contributed by atoms with Crippen molar-refractivity contribution in [3.8, 4) is 22.1 Å². The van der Waals surface area contributed by atoms with Crippen LogP contribution in [0.15, 0.2) is 22.8 Å². The molecule has 0 bridgehead atoms. The number of aromatic nitrogens is 1. The number of halogens is 1. The van der Waals surface area contributed by atoms with Gasteiger partial charge in [0, 0.05) is 29.2 Å². The molecular weight excluding hydrogens is 340 g/mol. The van der Waals surface area contributed by atoms with Crippen LogP contribution < -0.4 is 10.1 Å². The molecule has 20 heavy (non-hydrogen) atoms. The van der Waals surface area contributed by atoms with Crippen molar-refractivity contribution in [1.82, 2.24) is 10.3 Å². The van der Waals surface area contributed by atoms with Gasteiger partial charge in [0.05, 0.1) is 11.6 Å². The van der Waals surface area contributed by atoms with E-state index >= 15 is 0 Å². The number of rotatable bonds is 5. The van der Waals surface area contributed by atoms with E-state index in [9.17, 15) is 5.11 Å². The molecule has 0 spiro atoms. The van der Waals surface area contributed by atoms with Gasteiger partial charge in [0.1, 0.15) is 5.01 Å². The van der Waals surface area contributed by atoms with Crippen molar-refractivity contribution in [3.05, 3.63) is 27.7 Å². The van der Waals surface area contributed by atoms with Gasteiger partial charge in [0.15, 0.2) is 11.5 Å². The van der Waals surface area contributed by atoms with Gasteiger partial charge in [0.25, 0.3) is 0 Å². The lowest BCUT2D eigenvalue weighted by atomic mass is 10.2. The van der Waals surface area contributed by atoms with Crippen molar-refractivity contribution in [2.45, 2.75) is 26.4 Å². The van der Waals surface area contributed by atoms with Gasteiger partial charge in [-0.2, -0.15) is 0 Å². The summed E-state index contributed by atoms with van der Waals surface area (Å²) in [6.45, 7) is 5.04. The second kappa shape index (κ2) is 6.56. The first-order chi connectivity index (χ1) is 9.51. The van der Waals surface area contributed by atoms with Crippen LogP contribution in [-0.2, 0) is 6.54 Å². The van der Waals surface area contributed by atoms with Gasteiger partial charge in [-0.25, -0.2) is 4.98 Å². The van der Waals surface area contributed by atoms with Crippen LogP contribution in [-0.4, -0.2) is 23.2 Å². The lowest BCUT2D eigenvalue weighted by molar-refractivity contribution is 0.372. The number of phenolic OH excluding ortho intramolecular Hbond substituents is 1. The SMILES string of the molecule is COc1cc(-c2ncc(CNC(C)C)s2)cc(Br)c1O. The van der Waals surface area contributed by atoms with E-state index in [0.717, 1.165) is 17.1 Å². The molecule has 0 aliphatic heterocycles. The fourth-order valence-electron chi connectivity index (χ4n) is 1.68. The average molecular weight is 357 g/mol. The third-order valence-electron chi connectivity index (χ3n) is 2.73. The molecule has 0 amide bonds. The number of benzene rings is 1. The molecule has 2 rings (SSSR count). The molecule has 6 heteroatoms. The minimum Gasteiger partial charge on any atom is -0.503 e. The fraction of sp³-hybridized carbons (Fsp3) is 0.357. The molecule has 0 aliphatic carbocycles. The Morgan fingerprint density at radius 3 is 2.85 bits per heavy atom. The van der Waals surface area contributed by atoms with E-state index in [1.54, 1.807) is 17.4 Å². The summed E-state index contributed by atoms with van der Waals surface area (Å²) >= 11 is 4.96. The molecule has 0 saturated carbocycles. The molecule has 0 radical (unpaired) electrons. The smallest absolute Gasteiger partial charge is 0.172 e. The molecular formula is C14H17BrN2O2S. The van der Waals surface area contributed by atoms with Crippen LogP contribution in [0.4, 0.5) is 0 Å². The predicted octanol–water partition coefficient (Wildman–Crippen LogP) is 3.78. The quantitative estimate of drug-likeness (QED) is 0.855. The van der Waals surface area contributed by atoms with E-state index in [2.05, 4.69) is 40.1 Å². The standard InChI is InChI=1S/C14H17BrN2O2S/c1-8(2)16-6-10-7-17-14(20-10)9-4-11(15)13(18)12(5-9)19-3/h4-5,7-8,16,18H,6H2,1-3H3. The summed E-state index contributed by atoms with van der Waals surface area (Å²) in [6.07, 6.45) is 1.88. The molecule has 1 aromatic heterocycles. The fourth-order valence-corrected chi connectivity index (χ4v) is 2.97. The van der Waals surface area contributed by atoms with Gasteiger partial charge < -0.3 is 15.2 Å². The summed E-state index contributed by atoms with van der Waals surface area (Å²) < 4.78 is 5.76. The van der Waals surface area contributed by atoms with Gasteiger partial charge in [-0.3, -0.25) is 0 Å². The number of thiazole rings is 1. The number of hydrogen-bond donors (Lipinski definition) is 2. The maximum atomic E-state index is 9.82. The van der Waals surface area contributed by atoms with Crippen molar-refractivity contribution in [2.24, 2.45) is 0 Å². The first-order valence-corrected chi connectivity index (χ1v) is 7.87. The normalized spacial score (nSPS) is 11.1. The summed E-state index contributed by atoms with van der Waals surface area (Å²) in [6, 6.07) is 4.08. The van der Waals surface area contributed by atoms with E-state index in [4.69, 9.17) is 4.74 Å². The molecule has 1 heterocycles. The number of hydrogen-bond acceptors (Lipinski definition) is 5. The van der Waals surface area contributed by atoms with Crippen LogP contribution in [0.5, 0.6) is 11.5 Å². The molecule has 4 nitrogen and oxygen atoms in total. The van der Waals surface area contributed by atoms with Crippen LogP contribution >= 0.6 is 27.3 Å². The molecule has 1 aromatic carbocycles. The number of phenols is 1. The van der Waals surface area contributed by atoms with Gasteiger partial charge in [0.2, 0.25) is 0 Å². The Morgan fingerprint density at radius 1 is 1.45 bits per heavy atom. The second-order valence-corrected chi connectivity index (χ2v) is 6.65. The highest BCUT2D eigenvalue weighted by Gasteiger charge is 2.12. The van der Waals surface area contributed by atoms with Crippen LogP contribution in [0, 0.1) is 0 Å². The highest BCUT2D eigenvalue weighted by molar-refractivity contribution is 9.10. The highest BCUT2D eigenvalue weighted by Crippen LogP contribution is 2.39. The summed E-state index contributed by atoms with van der Waals surface area (Å²) in [5.74, 6) is 0.543. The molecule has 2 N–H and O–H groups in total. The van der Waals surface area contributed by atoms with Gasteiger partial charge >= 0.3 is 0 Å². The zero-order valence-corrected chi connectivity index (χ0v) is 14.0. The zero-order chi connectivity index (χ0) is 14.7. The molecule has 0 aliphatic rings. The average Bonchev–Trinajstić information content (AvgIpc) is 2.88. The lowest BCUT2D eigenvalue weighted by Crippen LogP contribution is -2.21. The van der Waals surface area contributed by atoms with Crippen LogP contribution in [0.1, 0.15) is 18.7 Å². The Hall–Kier alpha value is -1.11. The minimum atomic E-state index is 0.106. The van der Waals surface area contributed by atoms with Crippen molar-refractivity contribution >= 4 is 27.3 Å². The number of methoxy groups -OCH3 is 1. The van der Waals surface area contributed by atoms with Crippen molar-refractivity contribution < 1.29 is 9.84 Å². The first kappa shape index (κ1) is 15.3. The molecule has 108 valence electrons. The van der Waals surface area contributed by atoms with Crippen LogP contribution in [0.3, 0.4) is 0 Å². The van der Waals surface area contributed by atoms with Crippen molar-refractivity contribution in [2.75, 3.05) is 7.11 Å². The Labute approximate surface area is 130 Å². The Balaban J connectivity index is 2.26. The maximum Gasteiger partial charge on any atom is 0.172 e. The van der Waals surface area contributed by atoms with Gasteiger partial charge in [-0.1, -0.05) is 13.8 Å². The summed E-state index contributed by atoms with van der Waals surface area (Å²) in [4.78, 5) is 5.61. The Morgan fingerprint density at radius 2 is 2.20 bits per heavy atom. The summed E-state index contributed by atoms with van der Waals surface area (Å²) in [5, 5.41) is 14.1. The largest absolute Gasteiger partial charge is 0.503 e. The number of aromatic hydroxyl groups is 1. The lowest BCUT2D eigenvalue weighted by Gasteiger charge is -2.07. The monoisotopic (exact) mass is 356 g/mol. The maximum absolute atomic E-state index is 9.82. The van der Waals surface area contributed by atoms with Gasteiger partial charge in [-0.15, -0.1) is 11.3 Å². The third kappa shape index (κ3) is 3.50. The molecule has 0 atom stereocenters. The van der Waals surface area contributed by atoms with Crippen molar-refractivity contribution in [1.29, 1.82) is 0 Å². The molecule has 0 fully saturated rings. The number of nitrogens with one attached hydrogen (secondary N) is 1. The molecule has 0 unspecified atom stereocenters. The zero-order valence-electron chi connectivity index (χ0n) is 11.6. The van der Waals surface area contributed by atoms with E-state index in [0.29, 0.717) is 16.3 Å². The van der Waals surface area contributed by atoms with Crippen LogP contribution in [0.2, 0.25) is 0 Å². The second-order valence-electron chi connectivity index (χ2n) is 4.68. The van der Waals surface area contributed by atoms with E-state index < -0.39 is 0 Å². The Kier molecular flexibility index (Phi) is 5.01. The van der Waals surface area contributed by atoms with E-state index in [-0.39, 0.29) is 5.75 Å². The highest BCUT2D eigenvalue weighted by atomic mass is 79.9. The molecule has 0 saturated heterocycles. The summed E-state index contributed by atoms with van der Waals surface area (Å²) in [5.41, 5.74) is 0.923. The van der Waals surface area contributed by atoms with Gasteiger partial charge in [-0.05, 0) is 28.1 Å². The first-order valence-electron chi connectivity index (χ1n) is 6.26. The van der Waals surface area contributed by atoms with Crippen LogP contribution in [0.25, 0.3) is 10.6 Å². The predicted molar refractivity (Wildman–Crippen MR) is 85.4 cm³/mol. The van der Waals surface area contributed by atoms with Crippen molar-refractivity contribution in [3.63, 3.8) is 0 Å².